The second kappa shape index (κ2) is 3.79. The lowest BCUT2D eigenvalue weighted by Crippen LogP contribution is -2.06. The van der Waals surface area contributed by atoms with Crippen LogP contribution in [0.15, 0.2) is 10.5 Å². The quantitative estimate of drug-likeness (QED) is 0.460. The van der Waals surface area contributed by atoms with Crippen molar-refractivity contribution in [1.82, 2.24) is 0 Å². The van der Waals surface area contributed by atoms with Gasteiger partial charge >= 0.3 is 5.97 Å². The number of benzene rings is 1. The second-order valence-corrected chi connectivity index (χ2v) is 4.20. The third-order valence-electron chi connectivity index (χ3n) is 1.42. The largest absolute Gasteiger partial charge is 0.478 e. The van der Waals surface area contributed by atoms with Gasteiger partial charge in [0.1, 0.15) is 11.4 Å². The fraction of sp³-hybridized carbons (Fsp3) is 0. The fourth-order valence-electron chi connectivity index (χ4n) is 0.819. The summed E-state index contributed by atoms with van der Waals surface area (Å²) in [4.78, 5) is 10.7. The molecule has 0 aliphatic heterocycles. The van der Waals surface area contributed by atoms with Gasteiger partial charge in [-0.05, 0) is 44.6 Å². The second-order valence-electron chi connectivity index (χ2n) is 2.25. The normalized spacial score (nSPS) is 10.1. The number of nitrogen functional groups attached to an aromatic ring is 1. The van der Waals surface area contributed by atoms with Crippen molar-refractivity contribution in [3.05, 3.63) is 25.5 Å². The first-order valence-corrected chi connectivity index (χ1v) is 4.98. The molecule has 3 nitrogen and oxygen atoms in total. The van der Waals surface area contributed by atoms with Gasteiger partial charge in [-0.25, -0.2) is 9.18 Å². The topological polar surface area (TPSA) is 63.3 Å². The van der Waals surface area contributed by atoms with Gasteiger partial charge in [-0.2, -0.15) is 0 Å². The van der Waals surface area contributed by atoms with E-state index in [1.807, 2.05) is 0 Å². The van der Waals surface area contributed by atoms with Crippen LogP contribution in [-0.4, -0.2) is 11.1 Å². The highest BCUT2D eigenvalue weighted by Crippen LogP contribution is 2.30. The Balaban J connectivity index is 3.56. The van der Waals surface area contributed by atoms with Crippen molar-refractivity contribution in [3.8, 4) is 0 Å². The predicted molar refractivity (Wildman–Crippen MR) is 58.2 cm³/mol. The monoisotopic (exact) mass is 359 g/mol. The molecule has 1 aromatic carbocycles. The van der Waals surface area contributed by atoms with Crippen LogP contribution in [0.4, 0.5) is 10.1 Å². The number of aromatic carboxylic acids is 1. The number of hydrogen-bond donors (Lipinski definition) is 2. The number of anilines is 1. The molecule has 0 aliphatic rings. The Kier molecular flexibility index (Phi) is 3.12. The van der Waals surface area contributed by atoms with Crippen LogP contribution in [-0.2, 0) is 0 Å². The number of carboxylic acids is 1. The summed E-state index contributed by atoms with van der Waals surface area (Å²) in [7, 11) is 0. The minimum Gasteiger partial charge on any atom is -0.478 e. The minimum absolute atomic E-state index is 0.0707. The van der Waals surface area contributed by atoms with E-state index in [-0.39, 0.29) is 15.7 Å². The van der Waals surface area contributed by atoms with Gasteiger partial charge in [-0.1, -0.05) is 0 Å². The predicted octanol–water partition coefficient (Wildman–Crippen LogP) is 2.47. The van der Waals surface area contributed by atoms with E-state index < -0.39 is 11.8 Å². The Labute approximate surface area is 95.4 Å². The van der Waals surface area contributed by atoms with Crippen LogP contribution in [0.25, 0.3) is 0 Å². The molecule has 0 radical (unpaired) electrons. The lowest BCUT2D eigenvalue weighted by molar-refractivity contribution is 0.0696. The zero-order chi connectivity index (χ0) is 10.2. The van der Waals surface area contributed by atoms with Crippen molar-refractivity contribution in [3.63, 3.8) is 0 Å². The van der Waals surface area contributed by atoms with E-state index >= 15 is 0 Å². The average Bonchev–Trinajstić information content (AvgIpc) is 2.01. The van der Waals surface area contributed by atoms with Gasteiger partial charge in [0, 0.05) is 3.57 Å². The number of halogens is 3. The van der Waals surface area contributed by atoms with Gasteiger partial charge < -0.3 is 10.8 Å². The SMILES string of the molecule is Nc1c(I)cc(F)c(Br)c1C(=O)O. The molecule has 1 rings (SSSR count). The summed E-state index contributed by atoms with van der Waals surface area (Å²) in [6, 6.07) is 1.17. The van der Waals surface area contributed by atoms with Crippen molar-refractivity contribution in [1.29, 1.82) is 0 Å². The third kappa shape index (κ3) is 1.93. The maximum Gasteiger partial charge on any atom is 0.339 e. The van der Waals surface area contributed by atoms with Crippen LogP contribution in [0.2, 0.25) is 0 Å². The molecular weight excluding hydrogens is 356 g/mol. The Hall–Kier alpha value is -0.370. The van der Waals surface area contributed by atoms with E-state index in [1.54, 1.807) is 22.6 Å². The van der Waals surface area contributed by atoms with E-state index in [1.165, 1.54) is 6.07 Å². The maximum atomic E-state index is 13.0. The van der Waals surface area contributed by atoms with Crippen molar-refractivity contribution in [2.45, 2.75) is 0 Å². The molecular formula is C7H4BrFINO2. The molecule has 0 bridgehead atoms. The first-order valence-electron chi connectivity index (χ1n) is 3.11. The average molecular weight is 360 g/mol. The van der Waals surface area contributed by atoms with Crippen LogP contribution >= 0.6 is 38.5 Å². The van der Waals surface area contributed by atoms with E-state index in [4.69, 9.17) is 10.8 Å². The van der Waals surface area contributed by atoms with Gasteiger partial charge in [-0.15, -0.1) is 0 Å². The van der Waals surface area contributed by atoms with Crippen LogP contribution in [0.3, 0.4) is 0 Å². The Morgan fingerprint density at radius 2 is 2.23 bits per heavy atom. The zero-order valence-electron chi connectivity index (χ0n) is 6.14. The van der Waals surface area contributed by atoms with Crippen LogP contribution < -0.4 is 5.73 Å². The van der Waals surface area contributed by atoms with E-state index in [0.717, 1.165) is 0 Å². The van der Waals surface area contributed by atoms with Crippen LogP contribution in [0.5, 0.6) is 0 Å². The van der Waals surface area contributed by atoms with Crippen molar-refractivity contribution in [2.75, 3.05) is 5.73 Å². The molecule has 0 saturated carbocycles. The smallest absolute Gasteiger partial charge is 0.339 e. The zero-order valence-corrected chi connectivity index (χ0v) is 9.89. The summed E-state index contributed by atoms with van der Waals surface area (Å²) in [6.45, 7) is 0. The Morgan fingerprint density at radius 1 is 1.69 bits per heavy atom. The number of nitrogens with two attached hydrogens (primary N) is 1. The van der Waals surface area contributed by atoms with Gasteiger partial charge in [0.15, 0.2) is 0 Å². The molecule has 0 spiro atoms. The maximum absolute atomic E-state index is 13.0. The standard InChI is InChI=1S/C7H4BrFINO2/c8-5-2(9)1-3(10)6(11)4(5)7(12)13/h1H,11H2,(H,12,13). The molecule has 0 fully saturated rings. The molecule has 13 heavy (non-hydrogen) atoms. The summed E-state index contributed by atoms with van der Waals surface area (Å²) in [5.74, 6) is -1.88. The van der Waals surface area contributed by atoms with E-state index in [2.05, 4.69) is 15.9 Å². The van der Waals surface area contributed by atoms with Crippen LogP contribution in [0.1, 0.15) is 10.4 Å². The summed E-state index contributed by atoms with van der Waals surface area (Å²) >= 11 is 4.60. The number of carboxylic acid groups (broad SMARTS) is 1. The fourth-order valence-corrected chi connectivity index (χ4v) is 1.86. The summed E-state index contributed by atoms with van der Waals surface area (Å²) in [6.07, 6.45) is 0. The molecule has 70 valence electrons. The molecule has 6 heteroatoms. The molecule has 0 atom stereocenters. The Bertz CT molecular complexity index is 357. The van der Waals surface area contributed by atoms with Gasteiger partial charge in [0.2, 0.25) is 0 Å². The van der Waals surface area contributed by atoms with Crippen molar-refractivity contribution >= 4 is 50.2 Å². The molecule has 0 aliphatic carbocycles. The third-order valence-corrected chi connectivity index (χ3v) is 3.09. The molecule has 0 unspecified atom stereocenters. The Morgan fingerprint density at radius 3 is 2.69 bits per heavy atom. The summed E-state index contributed by atoms with van der Waals surface area (Å²) in [5.41, 5.74) is 5.31. The van der Waals surface area contributed by atoms with Crippen molar-refractivity contribution < 1.29 is 14.3 Å². The minimum atomic E-state index is -1.25. The highest BCUT2D eigenvalue weighted by Gasteiger charge is 2.18. The lowest BCUT2D eigenvalue weighted by atomic mass is 10.2. The van der Waals surface area contributed by atoms with Gasteiger partial charge in [0.05, 0.1) is 10.2 Å². The highest BCUT2D eigenvalue weighted by atomic mass is 127. The summed E-state index contributed by atoms with van der Waals surface area (Å²) < 4.78 is 13.3. The molecule has 0 saturated heterocycles. The van der Waals surface area contributed by atoms with Crippen molar-refractivity contribution in [2.24, 2.45) is 0 Å². The summed E-state index contributed by atoms with van der Waals surface area (Å²) in [5, 5.41) is 8.72. The lowest BCUT2D eigenvalue weighted by Gasteiger charge is -2.06. The van der Waals surface area contributed by atoms with Crippen LogP contribution in [0, 0.1) is 9.39 Å². The number of hydrogen-bond acceptors (Lipinski definition) is 2. The first-order chi connectivity index (χ1) is 5.95. The molecule has 0 heterocycles. The van der Waals surface area contributed by atoms with Gasteiger partial charge in [-0.3, -0.25) is 0 Å². The number of carbonyl (C=O) groups is 1. The molecule has 0 amide bonds. The van der Waals surface area contributed by atoms with E-state index in [9.17, 15) is 9.18 Å². The molecule has 1 aromatic rings. The van der Waals surface area contributed by atoms with E-state index in [0.29, 0.717) is 3.57 Å². The molecule has 3 N–H and O–H groups in total. The number of rotatable bonds is 1. The highest BCUT2D eigenvalue weighted by molar-refractivity contribution is 14.1. The molecule has 0 aromatic heterocycles. The first kappa shape index (κ1) is 10.7. The van der Waals surface area contributed by atoms with Gasteiger partial charge in [0.25, 0.3) is 0 Å².